The van der Waals surface area contributed by atoms with Crippen LogP contribution in [-0.4, -0.2) is 13.7 Å². The highest BCUT2D eigenvalue weighted by Gasteiger charge is 2.30. The zero-order chi connectivity index (χ0) is 11.4. The van der Waals surface area contributed by atoms with Crippen molar-refractivity contribution >= 4 is 0 Å². The quantitative estimate of drug-likeness (QED) is 0.844. The molecular weight excluding hydrogens is 198 g/mol. The van der Waals surface area contributed by atoms with Crippen LogP contribution in [0.15, 0.2) is 24.3 Å². The highest BCUT2D eigenvalue weighted by atomic mass is 16.5. The van der Waals surface area contributed by atoms with E-state index in [1.165, 1.54) is 24.0 Å². The van der Waals surface area contributed by atoms with E-state index < -0.39 is 0 Å². The number of rotatable bonds is 4. The van der Waals surface area contributed by atoms with E-state index >= 15 is 0 Å². The number of hydrogen-bond donors (Lipinski definition) is 1. The first-order valence-electron chi connectivity index (χ1n) is 6.12. The van der Waals surface area contributed by atoms with Crippen molar-refractivity contribution in [2.75, 3.05) is 13.7 Å². The summed E-state index contributed by atoms with van der Waals surface area (Å²) in [6.07, 6.45) is 5.75. The van der Waals surface area contributed by atoms with Gasteiger partial charge in [-0.1, -0.05) is 37.1 Å². The molecule has 1 saturated carbocycles. The number of methoxy groups -OCH3 is 1. The molecule has 0 amide bonds. The normalized spacial score (nSPS) is 18.9. The van der Waals surface area contributed by atoms with Crippen LogP contribution in [0.5, 0.6) is 0 Å². The molecule has 0 atom stereocenters. The molecule has 0 aliphatic heterocycles. The Morgan fingerprint density at radius 3 is 2.75 bits per heavy atom. The Hall–Kier alpha value is -0.860. The van der Waals surface area contributed by atoms with Crippen molar-refractivity contribution in [1.82, 2.24) is 0 Å². The van der Waals surface area contributed by atoms with Gasteiger partial charge in [0.1, 0.15) is 0 Å². The highest BCUT2D eigenvalue weighted by Crippen LogP contribution is 2.36. The van der Waals surface area contributed by atoms with E-state index in [1.54, 1.807) is 7.11 Å². The second kappa shape index (κ2) is 4.98. The number of hydrogen-bond acceptors (Lipinski definition) is 2. The molecule has 1 aliphatic carbocycles. The topological polar surface area (TPSA) is 35.2 Å². The summed E-state index contributed by atoms with van der Waals surface area (Å²) in [6.45, 7) is 0.779. The van der Waals surface area contributed by atoms with Crippen LogP contribution < -0.4 is 5.73 Å². The van der Waals surface area contributed by atoms with Crippen molar-refractivity contribution in [2.24, 2.45) is 5.73 Å². The first-order valence-corrected chi connectivity index (χ1v) is 6.12. The molecule has 88 valence electrons. The standard InChI is InChI=1S/C14H21NO/c1-16-10-7-12-5-4-6-13(11-12)14(15)8-2-3-9-14/h4-6,11H,2-3,7-10,15H2,1H3. The van der Waals surface area contributed by atoms with Crippen LogP contribution in [0.3, 0.4) is 0 Å². The lowest BCUT2D eigenvalue weighted by atomic mass is 9.88. The van der Waals surface area contributed by atoms with Crippen LogP contribution in [0, 0.1) is 0 Å². The Kier molecular flexibility index (Phi) is 3.62. The van der Waals surface area contributed by atoms with Crippen LogP contribution in [-0.2, 0) is 16.7 Å². The first-order chi connectivity index (χ1) is 7.74. The van der Waals surface area contributed by atoms with Gasteiger partial charge in [0, 0.05) is 12.6 Å². The van der Waals surface area contributed by atoms with Crippen molar-refractivity contribution in [3.05, 3.63) is 35.4 Å². The molecule has 0 aromatic heterocycles. The molecule has 0 radical (unpaired) electrons. The summed E-state index contributed by atoms with van der Waals surface area (Å²) in [5.74, 6) is 0. The van der Waals surface area contributed by atoms with E-state index in [0.717, 1.165) is 25.9 Å². The molecule has 16 heavy (non-hydrogen) atoms. The molecule has 1 aromatic carbocycles. The molecule has 0 unspecified atom stereocenters. The van der Waals surface area contributed by atoms with E-state index in [9.17, 15) is 0 Å². The molecule has 2 nitrogen and oxygen atoms in total. The summed E-state index contributed by atoms with van der Waals surface area (Å²) in [4.78, 5) is 0. The molecule has 1 aromatic rings. The van der Waals surface area contributed by atoms with Gasteiger partial charge in [-0.2, -0.15) is 0 Å². The van der Waals surface area contributed by atoms with Crippen molar-refractivity contribution in [2.45, 2.75) is 37.6 Å². The van der Waals surface area contributed by atoms with Crippen molar-refractivity contribution in [1.29, 1.82) is 0 Å². The summed E-state index contributed by atoms with van der Waals surface area (Å²) in [5.41, 5.74) is 9.01. The average molecular weight is 219 g/mol. The second-order valence-electron chi connectivity index (χ2n) is 4.81. The number of nitrogens with two attached hydrogens (primary N) is 1. The van der Waals surface area contributed by atoms with Gasteiger partial charge in [-0.05, 0) is 30.4 Å². The van der Waals surface area contributed by atoms with E-state index in [4.69, 9.17) is 10.5 Å². The summed E-state index contributed by atoms with van der Waals surface area (Å²) in [6, 6.07) is 8.69. The maximum absolute atomic E-state index is 6.45. The van der Waals surface area contributed by atoms with Crippen molar-refractivity contribution in [3.63, 3.8) is 0 Å². The summed E-state index contributed by atoms with van der Waals surface area (Å²) in [5, 5.41) is 0. The third kappa shape index (κ3) is 2.45. The van der Waals surface area contributed by atoms with Gasteiger partial charge in [-0.3, -0.25) is 0 Å². The van der Waals surface area contributed by atoms with Gasteiger partial charge in [0.15, 0.2) is 0 Å². The van der Waals surface area contributed by atoms with Crippen LogP contribution in [0.1, 0.15) is 36.8 Å². The molecule has 0 spiro atoms. The SMILES string of the molecule is COCCc1cccc(C2(N)CCCC2)c1. The van der Waals surface area contributed by atoms with Crippen LogP contribution in [0.4, 0.5) is 0 Å². The lowest BCUT2D eigenvalue weighted by Crippen LogP contribution is -2.33. The van der Waals surface area contributed by atoms with Crippen molar-refractivity contribution < 1.29 is 4.74 Å². The largest absolute Gasteiger partial charge is 0.384 e. The Bertz CT molecular complexity index is 342. The fourth-order valence-corrected chi connectivity index (χ4v) is 2.55. The molecule has 2 N–H and O–H groups in total. The fraction of sp³-hybridized carbons (Fsp3) is 0.571. The van der Waals surface area contributed by atoms with Gasteiger partial charge >= 0.3 is 0 Å². The molecule has 0 heterocycles. The van der Waals surface area contributed by atoms with Gasteiger partial charge < -0.3 is 10.5 Å². The van der Waals surface area contributed by atoms with Gasteiger partial charge in [-0.25, -0.2) is 0 Å². The minimum atomic E-state index is -0.0664. The first kappa shape index (κ1) is 11.6. The van der Waals surface area contributed by atoms with Crippen LogP contribution >= 0.6 is 0 Å². The lowest BCUT2D eigenvalue weighted by molar-refractivity contribution is 0.202. The minimum absolute atomic E-state index is 0.0664. The Labute approximate surface area is 97.8 Å². The third-order valence-corrected chi connectivity index (χ3v) is 3.59. The molecule has 2 heteroatoms. The fourth-order valence-electron chi connectivity index (χ4n) is 2.55. The maximum atomic E-state index is 6.45. The van der Waals surface area contributed by atoms with Crippen LogP contribution in [0.2, 0.25) is 0 Å². The summed E-state index contributed by atoms with van der Waals surface area (Å²) in [7, 11) is 1.74. The highest BCUT2D eigenvalue weighted by molar-refractivity contribution is 5.30. The van der Waals surface area contributed by atoms with Gasteiger partial charge in [-0.15, -0.1) is 0 Å². The minimum Gasteiger partial charge on any atom is -0.384 e. The van der Waals surface area contributed by atoms with Gasteiger partial charge in [0.25, 0.3) is 0 Å². The van der Waals surface area contributed by atoms with Gasteiger partial charge in [0.2, 0.25) is 0 Å². The zero-order valence-corrected chi connectivity index (χ0v) is 10.0. The van der Waals surface area contributed by atoms with E-state index in [1.807, 2.05) is 0 Å². The molecule has 2 rings (SSSR count). The Balaban J connectivity index is 2.15. The van der Waals surface area contributed by atoms with Gasteiger partial charge in [0.05, 0.1) is 6.61 Å². The predicted octanol–water partition coefficient (Wildman–Crippen LogP) is 2.60. The second-order valence-corrected chi connectivity index (χ2v) is 4.81. The van der Waals surface area contributed by atoms with Crippen LogP contribution in [0.25, 0.3) is 0 Å². The van der Waals surface area contributed by atoms with E-state index in [0.29, 0.717) is 0 Å². The lowest BCUT2D eigenvalue weighted by Gasteiger charge is -2.24. The number of ether oxygens (including phenoxy) is 1. The molecule has 0 bridgehead atoms. The van der Waals surface area contributed by atoms with Crippen molar-refractivity contribution in [3.8, 4) is 0 Å². The Morgan fingerprint density at radius 2 is 2.06 bits per heavy atom. The molecular formula is C14H21NO. The zero-order valence-electron chi connectivity index (χ0n) is 10.0. The number of benzene rings is 1. The predicted molar refractivity (Wildman–Crippen MR) is 66.4 cm³/mol. The monoisotopic (exact) mass is 219 g/mol. The summed E-state index contributed by atoms with van der Waals surface area (Å²) >= 11 is 0. The average Bonchev–Trinajstić information content (AvgIpc) is 2.75. The molecule has 0 saturated heterocycles. The maximum Gasteiger partial charge on any atom is 0.0502 e. The smallest absolute Gasteiger partial charge is 0.0502 e. The van der Waals surface area contributed by atoms with E-state index in [2.05, 4.69) is 24.3 Å². The summed E-state index contributed by atoms with van der Waals surface area (Å²) < 4.78 is 5.10. The Morgan fingerprint density at radius 1 is 1.31 bits per heavy atom. The van der Waals surface area contributed by atoms with E-state index in [-0.39, 0.29) is 5.54 Å². The third-order valence-electron chi connectivity index (χ3n) is 3.59. The molecule has 1 aliphatic rings. The molecule has 1 fully saturated rings.